The zero-order valence-corrected chi connectivity index (χ0v) is 13.0. The summed E-state index contributed by atoms with van der Waals surface area (Å²) in [6.07, 6.45) is 11.2. The van der Waals surface area contributed by atoms with E-state index in [9.17, 15) is 4.39 Å². The van der Waals surface area contributed by atoms with E-state index in [0.717, 1.165) is 18.5 Å². The summed E-state index contributed by atoms with van der Waals surface area (Å²) >= 11 is 0. The van der Waals surface area contributed by atoms with Gasteiger partial charge in [-0.05, 0) is 62.3 Å². The van der Waals surface area contributed by atoms with E-state index < -0.39 is 0 Å². The first-order chi connectivity index (χ1) is 10.8. The molecular weight excluding hydrogens is 275 g/mol. The Hall–Kier alpha value is -1.64. The number of benzene rings is 1. The highest BCUT2D eigenvalue weighted by Gasteiger charge is 2.28. The molecule has 0 aliphatic heterocycles. The van der Waals surface area contributed by atoms with Gasteiger partial charge in [0.15, 0.2) is 0 Å². The molecule has 1 heterocycles. The van der Waals surface area contributed by atoms with Crippen molar-refractivity contribution >= 4 is 0 Å². The first-order valence-electron chi connectivity index (χ1n) is 8.69. The van der Waals surface area contributed by atoms with Crippen molar-refractivity contribution in [1.29, 1.82) is 0 Å². The summed E-state index contributed by atoms with van der Waals surface area (Å²) in [6.45, 7) is 0. The zero-order chi connectivity index (χ0) is 14.9. The van der Waals surface area contributed by atoms with Gasteiger partial charge in [0, 0.05) is 5.92 Å². The third kappa shape index (κ3) is 2.47. The summed E-state index contributed by atoms with van der Waals surface area (Å²) in [5, 5.41) is 4.89. The van der Waals surface area contributed by atoms with Gasteiger partial charge in [-0.3, -0.25) is 0 Å². The average Bonchev–Trinajstić information content (AvgIpc) is 2.95. The van der Waals surface area contributed by atoms with E-state index in [2.05, 4.69) is 4.68 Å². The van der Waals surface area contributed by atoms with Crippen molar-refractivity contribution in [1.82, 2.24) is 9.78 Å². The maximum atomic E-state index is 13.7. The fraction of sp³-hybridized carbons (Fsp3) is 0.526. The maximum Gasteiger partial charge on any atom is 0.125 e. The number of nitrogens with zero attached hydrogens (tertiary/aromatic N) is 2. The second kappa shape index (κ2) is 5.86. The highest BCUT2D eigenvalue weighted by molar-refractivity contribution is 5.40. The molecule has 1 fully saturated rings. The normalized spacial score (nSPS) is 19.1. The SMILES string of the molecule is Fc1cccc(-n2nc3c(c2C2CCCCC2)CCCC3)c1. The van der Waals surface area contributed by atoms with Crippen LogP contribution in [0.3, 0.4) is 0 Å². The minimum Gasteiger partial charge on any atom is -0.237 e. The molecule has 2 aliphatic rings. The second-order valence-electron chi connectivity index (χ2n) is 6.74. The van der Waals surface area contributed by atoms with Crippen LogP contribution in [0.1, 0.15) is 67.8 Å². The Morgan fingerprint density at radius 1 is 1.00 bits per heavy atom. The summed E-state index contributed by atoms with van der Waals surface area (Å²) < 4.78 is 15.7. The molecule has 2 aliphatic carbocycles. The van der Waals surface area contributed by atoms with Gasteiger partial charge in [-0.25, -0.2) is 9.07 Å². The van der Waals surface area contributed by atoms with E-state index in [-0.39, 0.29) is 5.82 Å². The van der Waals surface area contributed by atoms with E-state index in [1.54, 1.807) is 12.1 Å². The molecule has 0 amide bonds. The molecule has 22 heavy (non-hydrogen) atoms. The molecule has 0 radical (unpaired) electrons. The van der Waals surface area contributed by atoms with Crippen molar-refractivity contribution in [2.45, 2.75) is 63.7 Å². The lowest BCUT2D eigenvalue weighted by Gasteiger charge is -2.24. The standard InChI is InChI=1S/C19H23FN2/c20-15-9-6-10-16(13-15)22-19(14-7-2-1-3-8-14)17-11-4-5-12-18(17)21-22/h6,9-10,13-14H,1-5,7-8,11-12H2. The predicted octanol–water partition coefficient (Wildman–Crippen LogP) is 4.94. The van der Waals surface area contributed by atoms with Gasteiger partial charge in [-0.15, -0.1) is 0 Å². The van der Waals surface area contributed by atoms with Gasteiger partial charge in [0.1, 0.15) is 5.82 Å². The van der Waals surface area contributed by atoms with Gasteiger partial charge in [0.2, 0.25) is 0 Å². The second-order valence-corrected chi connectivity index (χ2v) is 6.74. The highest BCUT2D eigenvalue weighted by Crippen LogP contribution is 2.38. The average molecular weight is 298 g/mol. The van der Waals surface area contributed by atoms with Crippen molar-refractivity contribution in [2.24, 2.45) is 0 Å². The van der Waals surface area contributed by atoms with Crippen LogP contribution in [0.4, 0.5) is 4.39 Å². The van der Waals surface area contributed by atoms with Crippen molar-refractivity contribution < 1.29 is 4.39 Å². The molecule has 1 aromatic carbocycles. The van der Waals surface area contributed by atoms with Gasteiger partial charge in [-0.1, -0.05) is 25.3 Å². The number of rotatable bonds is 2. The van der Waals surface area contributed by atoms with Crippen LogP contribution in [0.15, 0.2) is 24.3 Å². The topological polar surface area (TPSA) is 17.8 Å². The lowest BCUT2D eigenvalue weighted by molar-refractivity contribution is 0.427. The van der Waals surface area contributed by atoms with E-state index in [0.29, 0.717) is 5.92 Å². The molecule has 0 N–H and O–H groups in total. The molecule has 1 saturated carbocycles. The van der Waals surface area contributed by atoms with Crippen molar-refractivity contribution in [3.05, 3.63) is 47.0 Å². The summed E-state index contributed by atoms with van der Waals surface area (Å²) in [5.41, 5.74) is 5.01. The van der Waals surface area contributed by atoms with E-state index >= 15 is 0 Å². The van der Waals surface area contributed by atoms with Crippen LogP contribution in [0, 0.1) is 5.82 Å². The number of aromatic nitrogens is 2. The molecule has 116 valence electrons. The van der Waals surface area contributed by atoms with Gasteiger partial charge < -0.3 is 0 Å². The Morgan fingerprint density at radius 3 is 2.64 bits per heavy atom. The number of hydrogen-bond acceptors (Lipinski definition) is 1. The van der Waals surface area contributed by atoms with Crippen molar-refractivity contribution in [3.8, 4) is 5.69 Å². The van der Waals surface area contributed by atoms with Crippen LogP contribution < -0.4 is 0 Å². The molecule has 0 saturated heterocycles. The van der Waals surface area contributed by atoms with Crippen LogP contribution in [-0.4, -0.2) is 9.78 Å². The number of fused-ring (bicyclic) bond motifs is 1. The van der Waals surface area contributed by atoms with Crippen molar-refractivity contribution in [3.63, 3.8) is 0 Å². The predicted molar refractivity (Wildman–Crippen MR) is 86.0 cm³/mol. The Kier molecular flexibility index (Phi) is 3.73. The molecule has 3 heteroatoms. The molecule has 0 spiro atoms. The summed E-state index contributed by atoms with van der Waals surface area (Å²) in [6, 6.07) is 6.89. The van der Waals surface area contributed by atoms with Crippen LogP contribution >= 0.6 is 0 Å². The highest BCUT2D eigenvalue weighted by atomic mass is 19.1. The summed E-state index contributed by atoms with van der Waals surface area (Å²) in [7, 11) is 0. The number of halogens is 1. The zero-order valence-electron chi connectivity index (χ0n) is 13.0. The van der Waals surface area contributed by atoms with Crippen LogP contribution in [0.2, 0.25) is 0 Å². The molecule has 0 atom stereocenters. The monoisotopic (exact) mass is 298 g/mol. The van der Waals surface area contributed by atoms with Crippen LogP contribution in [0.5, 0.6) is 0 Å². The van der Waals surface area contributed by atoms with Crippen molar-refractivity contribution in [2.75, 3.05) is 0 Å². The van der Waals surface area contributed by atoms with Gasteiger partial charge in [-0.2, -0.15) is 5.10 Å². The minimum atomic E-state index is -0.180. The van der Waals surface area contributed by atoms with Gasteiger partial charge >= 0.3 is 0 Å². The Balaban J connectivity index is 1.84. The molecule has 4 rings (SSSR count). The first-order valence-corrected chi connectivity index (χ1v) is 8.69. The molecule has 0 bridgehead atoms. The fourth-order valence-electron chi connectivity index (χ4n) is 4.18. The third-order valence-corrected chi connectivity index (χ3v) is 5.24. The maximum absolute atomic E-state index is 13.7. The Morgan fingerprint density at radius 2 is 1.82 bits per heavy atom. The lowest BCUT2D eigenvalue weighted by Crippen LogP contribution is -2.13. The molecular formula is C19H23FN2. The molecule has 0 unspecified atom stereocenters. The number of hydrogen-bond donors (Lipinski definition) is 0. The Labute approximate surface area is 131 Å². The largest absolute Gasteiger partial charge is 0.237 e. The lowest BCUT2D eigenvalue weighted by atomic mass is 9.83. The minimum absolute atomic E-state index is 0.180. The van der Waals surface area contributed by atoms with E-state index in [4.69, 9.17) is 5.10 Å². The molecule has 2 aromatic rings. The summed E-state index contributed by atoms with van der Waals surface area (Å²) in [5.74, 6) is 0.423. The summed E-state index contributed by atoms with van der Waals surface area (Å²) in [4.78, 5) is 0. The quantitative estimate of drug-likeness (QED) is 0.768. The van der Waals surface area contributed by atoms with Crippen LogP contribution in [-0.2, 0) is 12.8 Å². The van der Waals surface area contributed by atoms with Gasteiger partial charge in [0.05, 0.1) is 17.1 Å². The van der Waals surface area contributed by atoms with E-state index in [1.165, 1.54) is 68.0 Å². The smallest absolute Gasteiger partial charge is 0.125 e. The van der Waals surface area contributed by atoms with E-state index in [1.807, 2.05) is 6.07 Å². The third-order valence-electron chi connectivity index (χ3n) is 5.24. The van der Waals surface area contributed by atoms with Gasteiger partial charge in [0.25, 0.3) is 0 Å². The Bertz CT molecular complexity index is 668. The molecule has 2 nitrogen and oxygen atoms in total. The fourth-order valence-corrected chi connectivity index (χ4v) is 4.18. The number of aryl methyl sites for hydroxylation is 1. The first kappa shape index (κ1) is 14.0. The van der Waals surface area contributed by atoms with Crippen LogP contribution in [0.25, 0.3) is 5.69 Å². The molecule has 1 aromatic heterocycles.